The molecule has 0 atom stereocenters. The maximum Gasteiger partial charge on any atom is 0.341 e. The highest BCUT2D eigenvalue weighted by Crippen LogP contribution is 2.36. The van der Waals surface area contributed by atoms with Gasteiger partial charge in [0, 0.05) is 23.3 Å². The number of ether oxygens (including phenoxy) is 1. The summed E-state index contributed by atoms with van der Waals surface area (Å²) in [5, 5.41) is 8.02. The van der Waals surface area contributed by atoms with Crippen LogP contribution in [0, 0.1) is 0 Å². The van der Waals surface area contributed by atoms with Crippen LogP contribution in [0.25, 0.3) is 10.1 Å². The summed E-state index contributed by atoms with van der Waals surface area (Å²) in [6, 6.07) is 9.05. The first-order valence-electron chi connectivity index (χ1n) is 6.51. The number of aromatic nitrogens is 2. The number of aryl methyl sites for hydroxylation is 1. The zero-order chi connectivity index (χ0) is 15.7. The first-order chi connectivity index (χ1) is 10.6. The van der Waals surface area contributed by atoms with Crippen molar-refractivity contribution in [2.24, 2.45) is 7.05 Å². The van der Waals surface area contributed by atoms with Gasteiger partial charge in [-0.05, 0) is 12.1 Å². The fourth-order valence-electron chi connectivity index (χ4n) is 2.14. The molecule has 1 aromatic carbocycles. The molecule has 0 bridgehead atoms. The second-order valence-electron chi connectivity index (χ2n) is 4.62. The quantitative estimate of drug-likeness (QED) is 0.754. The Morgan fingerprint density at radius 1 is 1.27 bits per heavy atom. The SMILES string of the molecule is COC(=O)c1c(NC(=O)c2ccn(C)n2)sc2ccccc12. The Labute approximate surface area is 130 Å². The molecule has 1 amide bonds. The van der Waals surface area contributed by atoms with E-state index >= 15 is 0 Å². The highest BCUT2D eigenvalue weighted by molar-refractivity contribution is 7.23. The third-order valence-corrected chi connectivity index (χ3v) is 4.24. The minimum atomic E-state index is -0.478. The lowest BCUT2D eigenvalue weighted by Gasteiger charge is -2.04. The van der Waals surface area contributed by atoms with Crippen LogP contribution in [0.5, 0.6) is 0 Å². The second-order valence-corrected chi connectivity index (χ2v) is 5.67. The molecule has 0 radical (unpaired) electrons. The van der Waals surface area contributed by atoms with E-state index < -0.39 is 5.97 Å². The molecule has 0 spiro atoms. The van der Waals surface area contributed by atoms with Crippen LogP contribution in [0.15, 0.2) is 36.5 Å². The first kappa shape index (κ1) is 14.3. The van der Waals surface area contributed by atoms with Crippen molar-refractivity contribution in [3.8, 4) is 0 Å². The molecule has 112 valence electrons. The number of thiophene rings is 1. The Morgan fingerprint density at radius 3 is 2.73 bits per heavy atom. The van der Waals surface area contributed by atoms with Crippen molar-refractivity contribution < 1.29 is 14.3 Å². The molecule has 0 unspecified atom stereocenters. The molecule has 0 saturated heterocycles. The van der Waals surface area contributed by atoms with E-state index in [1.54, 1.807) is 24.0 Å². The van der Waals surface area contributed by atoms with E-state index in [-0.39, 0.29) is 11.6 Å². The zero-order valence-electron chi connectivity index (χ0n) is 12.0. The van der Waals surface area contributed by atoms with Crippen LogP contribution in [0.1, 0.15) is 20.8 Å². The van der Waals surface area contributed by atoms with Gasteiger partial charge >= 0.3 is 5.97 Å². The maximum absolute atomic E-state index is 12.2. The lowest BCUT2D eigenvalue weighted by molar-refractivity contribution is 0.0604. The summed E-state index contributed by atoms with van der Waals surface area (Å²) in [6.45, 7) is 0. The number of hydrogen-bond acceptors (Lipinski definition) is 5. The molecule has 0 saturated carbocycles. The molecule has 0 aliphatic heterocycles. The van der Waals surface area contributed by atoms with Gasteiger partial charge in [-0.3, -0.25) is 9.48 Å². The van der Waals surface area contributed by atoms with Gasteiger partial charge in [-0.1, -0.05) is 18.2 Å². The van der Waals surface area contributed by atoms with Crippen molar-refractivity contribution in [2.75, 3.05) is 12.4 Å². The van der Waals surface area contributed by atoms with E-state index in [0.29, 0.717) is 10.6 Å². The molecular weight excluding hydrogens is 302 g/mol. The van der Waals surface area contributed by atoms with Crippen LogP contribution < -0.4 is 5.32 Å². The molecule has 0 fully saturated rings. The van der Waals surface area contributed by atoms with Crippen LogP contribution in [0.3, 0.4) is 0 Å². The average Bonchev–Trinajstić information content (AvgIpc) is 3.09. The first-order valence-corrected chi connectivity index (χ1v) is 7.32. The van der Waals surface area contributed by atoms with E-state index in [9.17, 15) is 9.59 Å². The average molecular weight is 315 g/mol. The van der Waals surface area contributed by atoms with Crippen molar-refractivity contribution in [1.82, 2.24) is 9.78 Å². The Balaban J connectivity index is 2.02. The number of nitrogens with zero attached hydrogens (tertiary/aromatic N) is 2. The largest absolute Gasteiger partial charge is 0.465 e. The summed E-state index contributed by atoms with van der Waals surface area (Å²) in [5.41, 5.74) is 0.656. The van der Waals surface area contributed by atoms with Crippen LogP contribution in [0.4, 0.5) is 5.00 Å². The fraction of sp³-hybridized carbons (Fsp3) is 0.133. The summed E-state index contributed by atoms with van der Waals surface area (Å²) in [7, 11) is 3.05. The molecule has 22 heavy (non-hydrogen) atoms. The van der Waals surface area contributed by atoms with Gasteiger partial charge in [0.2, 0.25) is 0 Å². The molecule has 1 N–H and O–H groups in total. The van der Waals surface area contributed by atoms with Crippen LogP contribution >= 0.6 is 11.3 Å². The molecule has 3 aromatic rings. The number of fused-ring (bicyclic) bond motifs is 1. The van der Waals surface area contributed by atoms with Crippen LogP contribution in [-0.4, -0.2) is 28.8 Å². The van der Waals surface area contributed by atoms with Crippen molar-refractivity contribution in [2.45, 2.75) is 0 Å². The highest BCUT2D eigenvalue weighted by Gasteiger charge is 2.21. The minimum absolute atomic E-state index is 0.288. The molecule has 6 nitrogen and oxygen atoms in total. The van der Waals surface area contributed by atoms with Gasteiger partial charge in [-0.15, -0.1) is 11.3 Å². The normalized spacial score (nSPS) is 10.6. The van der Waals surface area contributed by atoms with Gasteiger partial charge in [0.1, 0.15) is 10.6 Å². The molecule has 3 rings (SSSR count). The molecule has 2 heterocycles. The minimum Gasteiger partial charge on any atom is -0.465 e. The maximum atomic E-state index is 12.2. The Hall–Kier alpha value is -2.67. The highest BCUT2D eigenvalue weighted by atomic mass is 32.1. The van der Waals surface area contributed by atoms with Gasteiger partial charge < -0.3 is 10.1 Å². The fourth-order valence-corrected chi connectivity index (χ4v) is 3.23. The van der Waals surface area contributed by atoms with Gasteiger partial charge in [0.25, 0.3) is 5.91 Å². The van der Waals surface area contributed by atoms with Gasteiger partial charge in [0.15, 0.2) is 5.69 Å². The predicted octanol–water partition coefficient (Wildman–Crippen LogP) is 2.67. The van der Waals surface area contributed by atoms with Gasteiger partial charge in [0.05, 0.1) is 7.11 Å². The van der Waals surface area contributed by atoms with E-state index in [0.717, 1.165) is 10.1 Å². The van der Waals surface area contributed by atoms with Gasteiger partial charge in [-0.25, -0.2) is 4.79 Å². The van der Waals surface area contributed by atoms with E-state index in [4.69, 9.17) is 4.74 Å². The summed E-state index contributed by atoms with van der Waals surface area (Å²) < 4.78 is 7.28. The summed E-state index contributed by atoms with van der Waals surface area (Å²) in [6.07, 6.45) is 1.68. The topological polar surface area (TPSA) is 73.2 Å². The van der Waals surface area contributed by atoms with E-state index in [2.05, 4.69) is 10.4 Å². The molecule has 0 aliphatic rings. The number of nitrogens with one attached hydrogen (secondary N) is 1. The number of benzene rings is 1. The monoisotopic (exact) mass is 315 g/mol. The standard InChI is InChI=1S/C15H13N3O3S/c1-18-8-7-10(17-18)13(19)16-14-12(15(20)21-2)9-5-3-4-6-11(9)22-14/h3-8H,1-2H3,(H,16,19). The summed E-state index contributed by atoms with van der Waals surface area (Å²) in [5.74, 6) is -0.842. The van der Waals surface area contributed by atoms with Crippen molar-refractivity contribution >= 4 is 38.3 Å². The number of carbonyl (C=O) groups excluding carboxylic acids is 2. The number of rotatable bonds is 3. The Kier molecular flexibility index (Phi) is 3.64. The third kappa shape index (κ3) is 2.46. The predicted molar refractivity (Wildman–Crippen MR) is 84.3 cm³/mol. The number of carbonyl (C=O) groups is 2. The smallest absolute Gasteiger partial charge is 0.341 e. The second kappa shape index (κ2) is 5.61. The number of amides is 1. The lowest BCUT2D eigenvalue weighted by atomic mass is 10.1. The summed E-state index contributed by atoms with van der Waals surface area (Å²) >= 11 is 1.33. The molecular formula is C15H13N3O3S. The zero-order valence-corrected chi connectivity index (χ0v) is 12.8. The number of esters is 1. The van der Waals surface area contributed by atoms with Gasteiger partial charge in [-0.2, -0.15) is 5.10 Å². The van der Waals surface area contributed by atoms with E-state index in [1.165, 1.54) is 18.4 Å². The van der Waals surface area contributed by atoms with Crippen molar-refractivity contribution in [1.29, 1.82) is 0 Å². The molecule has 2 aromatic heterocycles. The lowest BCUT2D eigenvalue weighted by Crippen LogP contribution is -2.14. The number of anilines is 1. The number of hydrogen-bond donors (Lipinski definition) is 1. The molecule has 7 heteroatoms. The Bertz CT molecular complexity index is 866. The number of methoxy groups -OCH3 is 1. The van der Waals surface area contributed by atoms with Crippen LogP contribution in [0.2, 0.25) is 0 Å². The van der Waals surface area contributed by atoms with Crippen molar-refractivity contribution in [3.05, 3.63) is 47.8 Å². The third-order valence-electron chi connectivity index (χ3n) is 3.16. The van der Waals surface area contributed by atoms with Crippen LogP contribution in [-0.2, 0) is 11.8 Å². The van der Waals surface area contributed by atoms with E-state index in [1.807, 2.05) is 24.3 Å². The Morgan fingerprint density at radius 2 is 2.05 bits per heavy atom. The summed E-state index contributed by atoms with van der Waals surface area (Å²) in [4.78, 5) is 24.3. The molecule has 0 aliphatic carbocycles. The van der Waals surface area contributed by atoms with Crippen molar-refractivity contribution in [3.63, 3.8) is 0 Å².